The van der Waals surface area contributed by atoms with Gasteiger partial charge < -0.3 is 5.11 Å². The number of benzene rings is 1. The number of nitrogens with one attached hydrogen (secondary N) is 1. The number of sulfonamides is 1. The molecule has 0 amide bonds. The molecule has 1 aliphatic rings. The van der Waals surface area contributed by atoms with Crippen molar-refractivity contribution in [2.75, 3.05) is 6.54 Å². The molecule has 0 spiro atoms. The summed E-state index contributed by atoms with van der Waals surface area (Å²) in [7, 11) is -3.55. The highest BCUT2D eigenvalue weighted by molar-refractivity contribution is 7.88. The highest BCUT2D eigenvalue weighted by atomic mass is 35.5. The van der Waals surface area contributed by atoms with Crippen LogP contribution in [0.2, 0.25) is 5.02 Å². The Morgan fingerprint density at radius 1 is 1.30 bits per heavy atom. The minimum Gasteiger partial charge on any atom is -0.383 e. The molecule has 23 heavy (non-hydrogen) atoms. The second-order valence-electron chi connectivity index (χ2n) is 5.89. The third kappa shape index (κ3) is 4.14. The van der Waals surface area contributed by atoms with Gasteiger partial charge in [-0.3, -0.25) is 0 Å². The predicted molar refractivity (Wildman–Crippen MR) is 93.0 cm³/mol. The van der Waals surface area contributed by atoms with E-state index in [0.717, 1.165) is 17.7 Å². The molecule has 1 saturated carbocycles. The van der Waals surface area contributed by atoms with Crippen molar-refractivity contribution in [1.82, 2.24) is 4.72 Å². The molecule has 1 aliphatic carbocycles. The summed E-state index contributed by atoms with van der Waals surface area (Å²) >= 11 is 7.34. The average molecular weight is 372 g/mol. The van der Waals surface area contributed by atoms with Crippen molar-refractivity contribution in [3.63, 3.8) is 0 Å². The van der Waals surface area contributed by atoms with Gasteiger partial charge in [0.15, 0.2) is 0 Å². The Kier molecular flexibility index (Phi) is 4.80. The van der Waals surface area contributed by atoms with Gasteiger partial charge in [0.05, 0.1) is 5.75 Å². The SMILES string of the molecule is O=S(=O)(Cc1cccc(Cl)c1)NCC(O)(c1cccs1)C1CC1. The average Bonchev–Trinajstić information content (AvgIpc) is 3.20. The molecule has 0 aliphatic heterocycles. The van der Waals surface area contributed by atoms with Crippen LogP contribution in [0, 0.1) is 5.92 Å². The van der Waals surface area contributed by atoms with Crippen LogP contribution in [0.1, 0.15) is 23.3 Å². The van der Waals surface area contributed by atoms with Gasteiger partial charge in [-0.15, -0.1) is 11.3 Å². The molecule has 1 fully saturated rings. The van der Waals surface area contributed by atoms with Gasteiger partial charge in [-0.2, -0.15) is 0 Å². The molecular formula is C16H18ClNO3S2. The Balaban J connectivity index is 1.70. The maximum Gasteiger partial charge on any atom is 0.215 e. The van der Waals surface area contributed by atoms with Gasteiger partial charge in [-0.1, -0.05) is 29.8 Å². The zero-order valence-corrected chi connectivity index (χ0v) is 14.8. The van der Waals surface area contributed by atoms with E-state index >= 15 is 0 Å². The predicted octanol–water partition coefficient (Wildman–Crippen LogP) is 3.12. The summed E-state index contributed by atoms with van der Waals surface area (Å²) in [6, 6.07) is 10.5. The van der Waals surface area contributed by atoms with E-state index in [1.165, 1.54) is 11.3 Å². The van der Waals surface area contributed by atoms with Crippen LogP contribution in [0.15, 0.2) is 41.8 Å². The Bertz CT molecular complexity index is 772. The summed E-state index contributed by atoms with van der Waals surface area (Å²) in [6.07, 6.45) is 1.84. The lowest BCUT2D eigenvalue weighted by atomic mass is 9.96. The molecule has 1 aromatic heterocycles. The summed E-state index contributed by atoms with van der Waals surface area (Å²) in [5, 5.41) is 13.3. The zero-order chi connectivity index (χ0) is 16.5. The van der Waals surface area contributed by atoms with E-state index in [2.05, 4.69) is 4.72 Å². The van der Waals surface area contributed by atoms with Crippen molar-refractivity contribution in [2.24, 2.45) is 5.92 Å². The smallest absolute Gasteiger partial charge is 0.215 e. The van der Waals surface area contributed by atoms with E-state index in [0.29, 0.717) is 10.6 Å². The summed E-state index contributed by atoms with van der Waals surface area (Å²) in [4.78, 5) is 0.811. The Labute approximate surface area is 145 Å². The topological polar surface area (TPSA) is 66.4 Å². The molecule has 2 N–H and O–H groups in total. The van der Waals surface area contributed by atoms with E-state index in [1.54, 1.807) is 24.3 Å². The van der Waals surface area contributed by atoms with Crippen LogP contribution in [0.5, 0.6) is 0 Å². The van der Waals surface area contributed by atoms with Gasteiger partial charge in [-0.25, -0.2) is 13.1 Å². The second kappa shape index (κ2) is 6.53. The van der Waals surface area contributed by atoms with E-state index in [-0.39, 0.29) is 18.2 Å². The Hall–Kier alpha value is -0.920. The first kappa shape index (κ1) is 16.9. The fourth-order valence-electron chi connectivity index (χ4n) is 2.64. The van der Waals surface area contributed by atoms with Gasteiger partial charge >= 0.3 is 0 Å². The molecule has 1 heterocycles. The molecule has 4 nitrogen and oxygen atoms in total. The van der Waals surface area contributed by atoms with Crippen LogP contribution in [-0.4, -0.2) is 20.1 Å². The first-order valence-corrected chi connectivity index (χ1v) is 10.3. The first-order valence-electron chi connectivity index (χ1n) is 7.37. The highest BCUT2D eigenvalue weighted by Gasteiger charge is 2.46. The van der Waals surface area contributed by atoms with Crippen LogP contribution in [-0.2, 0) is 21.4 Å². The first-order chi connectivity index (χ1) is 10.9. The lowest BCUT2D eigenvalue weighted by molar-refractivity contribution is 0.0222. The lowest BCUT2D eigenvalue weighted by Crippen LogP contribution is -2.42. The van der Waals surface area contributed by atoms with Crippen LogP contribution in [0.25, 0.3) is 0 Å². The molecule has 3 rings (SSSR count). The van der Waals surface area contributed by atoms with Crippen molar-refractivity contribution in [2.45, 2.75) is 24.2 Å². The molecule has 2 aromatic rings. The van der Waals surface area contributed by atoms with Crippen molar-refractivity contribution < 1.29 is 13.5 Å². The number of hydrogen-bond donors (Lipinski definition) is 2. The van der Waals surface area contributed by atoms with Gasteiger partial charge in [0, 0.05) is 16.4 Å². The Morgan fingerprint density at radius 3 is 2.70 bits per heavy atom. The van der Waals surface area contributed by atoms with Crippen molar-refractivity contribution in [1.29, 1.82) is 0 Å². The van der Waals surface area contributed by atoms with Crippen molar-refractivity contribution in [3.8, 4) is 0 Å². The second-order valence-corrected chi connectivity index (χ2v) is 9.08. The number of rotatable bonds is 7. The van der Waals surface area contributed by atoms with Gasteiger partial charge in [-0.05, 0) is 47.9 Å². The number of thiophene rings is 1. The van der Waals surface area contributed by atoms with Crippen LogP contribution in [0.4, 0.5) is 0 Å². The van der Waals surface area contributed by atoms with E-state index in [4.69, 9.17) is 11.6 Å². The fourth-order valence-corrected chi connectivity index (χ4v) is 4.91. The third-order valence-electron chi connectivity index (χ3n) is 4.01. The lowest BCUT2D eigenvalue weighted by Gasteiger charge is -2.27. The molecule has 124 valence electrons. The standard InChI is InChI=1S/C16H18ClNO3S2/c17-14-4-1-3-12(9-14)10-23(20,21)18-11-16(19,13-6-7-13)15-5-2-8-22-15/h1-5,8-9,13,18-19H,6-7,10-11H2. The van der Waals surface area contributed by atoms with Gasteiger partial charge in [0.1, 0.15) is 5.60 Å². The maximum atomic E-state index is 12.3. The summed E-state index contributed by atoms with van der Waals surface area (Å²) in [5.74, 6) is -0.0336. The largest absolute Gasteiger partial charge is 0.383 e. The van der Waals surface area contributed by atoms with E-state index in [1.807, 2.05) is 17.5 Å². The van der Waals surface area contributed by atoms with Gasteiger partial charge in [0.25, 0.3) is 0 Å². The molecule has 1 atom stereocenters. The number of halogens is 1. The molecule has 0 radical (unpaired) electrons. The monoisotopic (exact) mass is 371 g/mol. The van der Waals surface area contributed by atoms with Crippen LogP contribution < -0.4 is 4.72 Å². The zero-order valence-electron chi connectivity index (χ0n) is 12.4. The molecule has 0 saturated heterocycles. The molecule has 1 aromatic carbocycles. The normalized spacial score (nSPS) is 17.8. The van der Waals surface area contributed by atoms with Crippen LogP contribution in [0.3, 0.4) is 0 Å². The van der Waals surface area contributed by atoms with E-state index in [9.17, 15) is 13.5 Å². The fraction of sp³-hybridized carbons (Fsp3) is 0.375. The number of aliphatic hydroxyl groups is 1. The highest BCUT2D eigenvalue weighted by Crippen LogP contribution is 2.46. The van der Waals surface area contributed by atoms with Gasteiger partial charge in [0.2, 0.25) is 10.0 Å². The van der Waals surface area contributed by atoms with Crippen LogP contribution >= 0.6 is 22.9 Å². The summed E-state index contributed by atoms with van der Waals surface area (Å²) in [6.45, 7) is 0.00107. The minimum absolute atomic E-state index is 0.00107. The summed E-state index contributed by atoms with van der Waals surface area (Å²) in [5.41, 5.74) is -0.494. The summed E-state index contributed by atoms with van der Waals surface area (Å²) < 4.78 is 27.2. The van der Waals surface area contributed by atoms with Crippen molar-refractivity contribution in [3.05, 3.63) is 57.2 Å². The molecular weight excluding hydrogens is 354 g/mol. The number of hydrogen-bond acceptors (Lipinski definition) is 4. The van der Waals surface area contributed by atoms with E-state index < -0.39 is 15.6 Å². The maximum absolute atomic E-state index is 12.3. The molecule has 1 unspecified atom stereocenters. The molecule has 0 bridgehead atoms. The molecule has 7 heteroatoms. The third-order valence-corrected chi connectivity index (χ3v) is 6.58. The quantitative estimate of drug-likeness (QED) is 0.785. The Morgan fingerprint density at radius 2 is 2.09 bits per heavy atom. The minimum atomic E-state index is -3.55. The van der Waals surface area contributed by atoms with Crippen molar-refractivity contribution >= 4 is 33.0 Å².